The number of alkyl halides is 3. The van der Waals surface area contributed by atoms with E-state index in [0.29, 0.717) is 6.07 Å². The van der Waals surface area contributed by atoms with E-state index in [0.717, 1.165) is 24.3 Å². The second-order valence-corrected chi connectivity index (χ2v) is 5.29. The maximum Gasteiger partial charge on any atom is 0.417 e. The lowest BCUT2D eigenvalue weighted by Gasteiger charge is -2.28. The van der Waals surface area contributed by atoms with E-state index in [4.69, 9.17) is 15.2 Å². The van der Waals surface area contributed by atoms with Gasteiger partial charge in [-0.15, -0.1) is 0 Å². The minimum atomic E-state index is -4.74. The second-order valence-electron chi connectivity index (χ2n) is 5.29. The molecule has 0 bridgehead atoms. The van der Waals surface area contributed by atoms with Crippen molar-refractivity contribution in [3.63, 3.8) is 0 Å². The number of phenolic OH excluding ortho intramolecular Hbond substituents is 1. The summed E-state index contributed by atoms with van der Waals surface area (Å²) < 4.78 is 64.6. The van der Waals surface area contributed by atoms with Crippen LogP contribution in [0.1, 0.15) is 5.56 Å². The molecule has 0 radical (unpaired) electrons. The Labute approximate surface area is 134 Å². The number of ether oxygens (including phenoxy) is 2. The number of aromatic hydroxyl groups is 1. The van der Waals surface area contributed by atoms with Gasteiger partial charge in [0.05, 0.1) is 5.56 Å². The summed E-state index contributed by atoms with van der Waals surface area (Å²) in [6, 6.07) is 4.70. The van der Waals surface area contributed by atoms with Crippen molar-refractivity contribution in [2.24, 2.45) is 5.73 Å². The molecule has 24 heavy (non-hydrogen) atoms. The molecular formula is C16H13F4NO3. The van der Waals surface area contributed by atoms with E-state index in [-0.39, 0.29) is 35.8 Å². The SMILES string of the molecule is NC[C@H]1COc2cc(F)cc(-c3ccc(O)cc3C(F)(F)F)c2O1. The number of nitrogens with two attached hydrogens (primary N) is 1. The van der Waals surface area contributed by atoms with Crippen LogP contribution in [0.25, 0.3) is 11.1 Å². The molecule has 2 aromatic carbocycles. The van der Waals surface area contributed by atoms with Crippen molar-refractivity contribution in [3.8, 4) is 28.4 Å². The van der Waals surface area contributed by atoms with Crippen LogP contribution in [0.4, 0.5) is 17.6 Å². The van der Waals surface area contributed by atoms with Gasteiger partial charge >= 0.3 is 6.18 Å². The minimum absolute atomic E-state index is 0.00529. The highest BCUT2D eigenvalue weighted by atomic mass is 19.4. The molecule has 1 heterocycles. The Morgan fingerprint density at radius 2 is 1.92 bits per heavy atom. The van der Waals surface area contributed by atoms with Gasteiger partial charge in [-0.25, -0.2) is 4.39 Å². The van der Waals surface area contributed by atoms with E-state index < -0.39 is 29.4 Å². The Morgan fingerprint density at radius 3 is 2.58 bits per heavy atom. The molecule has 1 aliphatic heterocycles. The van der Waals surface area contributed by atoms with Crippen LogP contribution in [0, 0.1) is 5.82 Å². The van der Waals surface area contributed by atoms with Crippen molar-refractivity contribution in [1.82, 2.24) is 0 Å². The van der Waals surface area contributed by atoms with E-state index in [9.17, 15) is 22.7 Å². The van der Waals surface area contributed by atoms with Crippen LogP contribution in [0.3, 0.4) is 0 Å². The molecule has 1 atom stereocenters. The first-order valence-corrected chi connectivity index (χ1v) is 7.03. The zero-order chi connectivity index (χ0) is 17.5. The molecule has 0 spiro atoms. The smallest absolute Gasteiger partial charge is 0.417 e. The van der Waals surface area contributed by atoms with Gasteiger partial charge in [-0.1, -0.05) is 0 Å². The van der Waals surface area contributed by atoms with Gasteiger partial charge in [-0.3, -0.25) is 0 Å². The van der Waals surface area contributed by atoms with Gasteiger partial charge in [0, 0.05) is 18.2 Å². The second kappa shape index (κ2) is 5.86. The van der Waals surface area contributed by atoms with Crippen LogP contribution in [0.2, 0.25) is 0 Å². The topological polar surface area (TPSA) is 64.7 Å². The lowest BCUT2D eigenvalue weighted by molar-refractivity contribution is -0.137. The Morgan fingerprint density at radius 1 is 1.17 bits per heavy atom. The molecule has 0 amide bonds. The zero-order valence-corrected chi connectivity index (χ0v) is 12.2. The van der Waals surface area contributed by atoms with Gasteiger partial charge < -0.3 is 20.3 Å². The van der Waals surface area contributed by atoms with E-state index in [1.807, 2.05) is 0 Å². The minimum Gasteiger partial charge on any atom is -0.508 e. The Kier molecular flexibility index (Phi) is 4.00. The molecule has 3 N–H and O–H groups in total. The first-order valence-electron chi connectivity index (χ1n) is 7.03. The lowest BCUT2D eigenvalue weighted by Crippen LogP contribution is -2.36. The Hall–Kier alpha value is -2.48. The molecule has 4 nitrogen and oxygen atoms in total. The van der Waals surface area contributed by atoms with E-state index in [1.165, 1.54) is 0 Å². The predicted octanol–water partition coefficient (Wildman–Crippen LogP) is 3.32. The number of hydrogen-bond acceptors (Lipinski definition) is 4. The van der Waals surface area contributed by atoms with Crippen molar-refractivity contribution in [2.75, 3.05) is 13.2 Å². The van der Waals surface area contributed by atoms with Crippen molar-refractivity contribution >= 4 is 0 Å². The van der Waals surface area contributed by atoms with Crippen molar-refractivity contribution in [1.29, 1.82) is 0 Å². The average Bonchev–Trinajstić information content (AvgIpc) is 2.53. The van der Waals surface area contributed by atoms with Gasteiger partial charge in [-0.05, 0) is 29.8 Å². The lowest BCUT2D eigenvalue weighted by atomic mass is 9.97. The first-order chi connectivity index (χ1) is 11.3. The van der Waals surface area contributed by atoms with Crippen LogP contribution in [-0.4, -0.2) is 24.4 Å². The molecule has 128 valence electrons. The molecule has 2 aromatic rings. The fourth-order valence-corrected chi connectivity index (χ4v) is 2.50. The number of rotatable bonds is 2. The average molecular weight is 343 g/mol. The van der Waals surface area contributed by atoms with Crippen LogP contribution in [0.5, 0.6) is 17.2 Å². The largest absolute Gasteiger partial charge is 0.508 e. The van der Waals surface area contributed by atoms with Crippen LogP contribution < -0.4 is 15.2 Å². The van der Waals surface area contributed by atoms with Gasteiger partial charge in [-0.2, -0.15) is 13.2 Å². The van der Waals surface area contributed by atoms with Crippen LogP contribution in [-0.2, 0) is 6.18 Å². The third kappa shape index (κ3) is 2.96. The highest BCUT2D eigenvalue weighted by Crippen LogP contribution is 2.46. The third-order valence-corrected chi connectivity index (χ3v) is 3.59. The number of halogens is 4. The third-order valence-electron chi connectivity index (χ3n) is 3.59. The van der Waals surface area contributed by atoms with Gasteiger partial charge in [0.15, 0.2) is 11.5 Å². The molecule has 0 fully saturated rings. The summed E-state index contributed by atoms with van der Waals surface area (Å²) in [5, 5.41) is 9.37. The quantitative estimate of drug-likeness (QED) is 0.821. The normalized spacial score (nSPS) is 17.0. The molecule has 0 unspecified atom stereocenters. The van der Waals surface area contributed by atoms with E-state index >= 15 is 0 Å². The maximum atomic E-state index is 13.8. The first kappa shape index (κ1) is 16.4. The fourth-order valence-electron chi connectivity index (χ4n) is 2.50. The Balaban J connectivity index is 2.23. The molecule has 0 aromatic heterocycles. The monoisotopic (exact) mass is 343 g/mol. The summed E-state index contributed by atoms with van der Waals surface area (Å²) in [6.45, 7) is 0.173. The zero-order valence-electron chi connectivity index (χ0n) is 12.2. The standard InChI is InChI=1S/C16H13F4NO3/c17-8-3-12(15-14(4-8)23-7-10(6-21)24-15)11-2-1-9(22)5-13(11)16(18,19)20/h1-5,10,22H,6-7,21H2/t10-/m0/s1. The fraction of sp³-hybridized carbons (Fsp3) is 0.250. The summed E-state index contributed by atoms with van der Waals surface area (Å²) in [7, 11) is 0. The molecular weight excluding hydrogens is 330 g/mol. The number of benzene rings is 2. The van der Waals surface area contributed by atoms with E-state index in [2.05, 4.69) is 0 Å². The van der Waals surface area contributed by atoms with Gasteiger partial charge in [0.1, 0.15) is 24.3 Å². The number of fused-ring (bicyclic) bond motifs is 1. The maximum absolute atomic E-state index is 13.8. The van der Waals surface area contributed by atoms with Crippen LogP contribution >= 0.6 is 0 Å². The summed E-state index contributed by atoms with van der Waals surface area (Å²) in [5.74, 6) is -1.31. The summed E-state index contributed by atoms with van der Waals surface area (Å²) >= 11 is 0. The molecule has 3 rings (SSSR count). The molecule has 0 aliphatic carbocycles. The van der Waals surface area contributed by atoms with Crippen LogP contribution in [0.15, 0.2) is 30.3 Å². The summed E-state index contributed by atoms with van der Waals surface area (Å²) in [6.07, 6.45) is -5.29. The number of hydrogen-bond donors (Lipinski definition) is 2. The number of phenols is 1. The Bertz CT molecular complexity index is 777. The van der Waals surface area contributed by atoms with Crippen molar-refractivity contribution in [3.05, 3.63) is 41.7 Å². The summed E-state index contributed by atoms with van der Waals surface area (Å²) in [4.78, 5) is 0. The highest BCUT2D eigenvalue weighted by molar-refractivity contribution is 5.77. The molecule has 0 saturated carbocycles. The molecule has 1 aliphatic rings. The predicted molar refractivity (Wildman–Crippen MR) is 77.5 cm³/mol. The molecule has 8 heteroatoms. The molecule has 0 saturated heterocycles. The van der Waals surface area contributed by atoms with Crippen molar-refractivity contribution < 1.29 is 32.1 Å². The summed E-state index contributed by atoms with van der Waals surface area (Å²) in [5.41, 5.74) is 3.97. The van der Waals surface area contributed by atoms with Gasteiger partial charge in [0.25, 0.3) is 0 Å². The van der Waals surface area contributed by atoms with Gasteiger partial charge in [0.2, 0.25) is 0 Å². The van der Waals surface area contributed by atoms with Crippen molar-refractivity contribution in [2.45, 2.75) is 12.3 Å². The van der Waals surface area contributed by atoms with E-state index in [1.54, 1.807) is 0 Å². The highest BCUT2D eigenvalue weighted by Gasteiger charge is 2.36.